The predicted octanol–water partition coefficient (Wildman–Crippen LogP) is 1.63. The standard InChI is InChI=1S/C9H11O3/c1-11-8-4-3-7(6-10)9(5-8)12-2/h3-5H,6H2,1-2H3. The van der Waals surface area contributed by atoms with E-state index in [9.17, 15) is 5.11 Å². The van der Waals surface area contributed by atoms with Gasteiger partial charge in [-0.25, -0.2) is 5.11 Å². The van der Waals surface area contributed by atoms with E-state index in [2.05, 4.69) is 0 Å². The Morgan fingerprint density at radius 1 is 1.25 bits per heavy atom. The first-order chi connectivity index (χ1) is 5.81. The minimum Gasteiger partial charge on any atom is -0.497 e. The van der Waals surface area contributed by atoms with Crippen LogP contribution in [0.2, 0.25) is 0 Å². The van der Waals surface area contributed by atoms with Gasteiger partial charge in [0.15, 0.2) is 0 Å². The van der Waals surface area contributed by atoms with Crippen molar-refractivity contribution >= 4 is 0 Å². The molecule has 0 amide bonds. The van der Waals surface area contributed by atoms with E-state index in [0.717, 1.165) is 0 Å². The Hall–Kier alpha value is -1.22. The summed E-state index contributed by atoms with van der Waals surface area (Å²) < 4.78 is 9.97. The molecular formula is C9H11O3. The largest absolute Gasteiger partial charge is 0.497 e. The third-order valence-corrected chi connectivity index (χ3v) is 1.65. The van der Waals surface area contributed by atoms with Crippen molar-refractivity contribution in [2.24, 2.45) is 0 Å². The minimum absolute atomic E-state index is 0.271. The maximum Gasteiger partial charge on any atom is 0.128 e. The number of benzene rings is 1. The molecule has 0 aromatic heterocycles. The van der Waals surface area contributed by atoms with E-state index < -0.39 is 0 Å². The zero-order valence-corrected chi connectivity index (χ0v) is 7.16. The van der Waals surface area contributed by atoms with Crippen molar-refractivity contribution in [3.8, 4) is 11.5 Å². The molecule has 65 valence electrons. The first kappa shape index (κ1) is 8.87. The van der Waals surface area contributed by atoms with E-state index in [4.69, 9.17) is 9.47 Å². The predicted molar refractivity (Wildman–Crippen MR) is 43.9 cm³/mol. The molecule has 1 rings (SSSR count). The first-order valence-electron chi connectivity index (χ1n) is 3.61. The highest BCUT2D eigenvalue weighted by Gasteiger charge is 2.03. The van der Waals surface area contributed by atoms with Gasteiger partial charge >= 0.3 is 0 Å². The summed E-state index contributed by atoms with van der Waals surface area (Å²) in [6, 6.07) is 5.16. The normalized spacial score (nSPS) is 9.58. The molecule has 0 atom stereocenters. The molecule has 3 heteroatoms. The molecule has 0 fully saturated rings. The van der Waals surface area contributed by atoms with E-state index in [1.54, 1.807) is 25.3 Å². The molecule has 1 radical (unpaired) electrons. The van der Waals surface area contributed by atoms with E-state index in [1.807, 2.05) is 0 Å². The van der Waals surface area contributed by atoms with Gasteiger partial charge in [-0.2, -0.15) is 0 Å². The van der Waals surface area contributed by atoms with Crippen LogP contribution in [-0.2, 0) is 11.7 Å². The van der Waals surface area contributed by atoms with Crippen LogP contribution >= 0.6 is 0 Å². The molecule has 0 spiro atoms. The Kier molecular flexibility index (Phi) is 2.94. The number of hydrogen-bond acceptors (Lipinski definition) is 2. The third kappa shape index (κ3) is 1.68. The summed E-state index contributed by atoms with van der Waals surface area (Å²) in [6.45, 7) is -0.271. The first-order valence-corrected chi connectivity index (χ1v) is 3.61. The summed E-state index contributed by atoms with van der Waals surface area (Å²) in [4.78, 5) is 0. The van der Waals surface area contributed by atoms with Gasteiger partial charge in [-0.05, 0) is 12.1 Å². The molecule has 3 nitrogen and oxygen atoms in total. The lowest BCUT2D eigenvalue weighted by atomic mass is 10.2. The monoisotopic (exact) mass is 167 g/mol. The average molecular weight is 167 g/mol. The molecule has 1 aromatic rings. The molecule has 12 heavy (non-hydrogen) atoms. The van der Waals surface area contributed by atoms with Crippen molar-refractivity contribution in [3.63, 3.8) is 0 Å². The summed E-state index contributed by atoms with van der Waals surface area (Å²) in [6.07, 6.45) is 0. The maximum absolute atomic E-state index is 10.6. The Bertz CT molecular complexity index is 258. The van der Waals surface area contributed by atoms with Crippen molar-refractivity contribution < 1.29 is 14.6 Å². The SMILES string of the molecule is COc1ccc(C[O])c(OC)c1. The molecule has 0 aliphatic carbocycles. The topological polar surface area (TPSA) is 38.4 Å². The van der Waals surface area contributed by atoms with Crippen LogP contribution in [0.5, 0.6) is 11.5 Å². The van der Waals surface area contributed by atoms with Gasteiger partial charge in [0.2, 0.25) is 0 Å². The van der Waals surface area contributed by atoms with Gasteiger partial charge in [-0.15, -0.1) is 0 Å². The van der Waals surface area contributed by atoms with Gasteiger partial charge in [0, 0.05) is 11.6 Å². The Morgan fingerprint density at radius 2 is 2.00 bits per heavy atom. The molecular weight excluding hydrogens is 156 g/mol. The molecule has 0 bridgehead atoms. The Balaban J connectivity index is 3.02. The lowest BCUT2D eigenvalue weighted by Gasteiger charge is -2.06. The Labute approximate surface area is 71.5 Å². The van der Waals surface area contributed by atoms with Crippen LogP contribution in [0.15, 0.2) is 18.2 Å². The number of methoxy groups -OCH3 is 2. The van der Waals surface area contributed by atoms with Crippen molar-refractivity contribution in [3.05, 3.63) is 23.8 Å². The fourth-order valence-corrected chi connectivity index (χ4v) is 0.971. The molecule has 0 heterocycles. The summed E-state index contributed by atoms with van der Waals surface area (Å²) in [7, 11) is 3.11. The summed E-state index contributed by atoms with van der Waals surface area (Å²) in [5, 5.41) is 10.6. The second-order valence-corrected chi connectivity index (χ2v) is 2.32. The molecule has 0 saturated carbocycles. The van der Waals surface area contributed by atoms with E-state index in [1.165, 1.54) is 7.11 Å². The minimum atomic E-state index is -0.271. The van der Waals surface area contributed by atoms with Crippen molar-refractivity contribution in [1.82, 2.24) is 0 Å². The number of rotatable bonds is 3. The molecule has 0 aliphatic rings. The highest BCUT2D eigenvalue weighted by molar-refractivity contribution is 5.40. The van der Waals surface area contributed by atoms with Gasteiger partial charge < -0.3 is 9.47 Å². The highest BCUT2D eigenvalue weighted by Crippen LogP contribution is 2.24. The summed E-state index contributed by atoms with van der Waals surface area (Å²) in [5.41, 5.74) is 0.651. The van der Waals surface area contributed by atoms with Gasteiger partial charge in [-0.3, -0.25) is 0 Å². The summed E-state index contributed by atoms with van der Waals surface area (Å²) >= 11 is 0. The van der Waals surface area contributed by atoms with Crippen LogP contribution in [0.3, 0.4) is 0 Å². The quantitative estimate of drug-likeness (QED) is 0.686. The second kappa shape index (κ2) is 3.97. The summed E-state index contributed by atoms with van der Waals surface area (Å²) in [5.74, 6) is 1.29. The van der Waals surface area contributed by atoms with E-state index >= 15 is 0 Å². The fourth-order valence-electron chi connectivity index (χ4n) is 0.971. The molecule has 0 N–H and O–H groups in total. The number of hydrogen-bond donors (Lipinski definition) is 0. The fraction of sp³-hybridized carbons (Fsp3) is 0.333. The lowest BCUT2D eigenvalue weighted by Crippen LogP contribution is -1.92. The molecule has 0 aliphatic heterocycles. The van der Waals surface area contributed by atoms with Gasteiger partial charge in [0.25, 0.3) is 0 Å². The van der Waals surface area contributed by atoms with Gasteiger partial charge in [-0.1, -0.05) is 0 Å². The van der Waals surface area contributed by atoms with E-state index in [0.29, 0.717) is 17.1 Å². The lowest BCUT2D eigenvalue weighted by molar-refractivity contribution is 0.174. The van der Waals surface area contributed by atoms with Crippen LogP contribution in [0.1, 0.15) is 5.56 Å². The highest BCUT2D eigenvalue weighted by atomic mass is 16.5. The van der Waals surface area contributed by atoms with Gasteiger partial charge in [0.05, 0.1) is 14.2 Å². The van der Waals surface area contributed by atoms with Crippen molar-refractivity contribution in [2.45, 2.75) is 6.61 Å². The van der Waals surface area contributed by atoms with Crippen LogP contribution in [-0.4, -0.2) is 14.2 Å². The molecule has 0 unspecified atom stereocenters. The zero-order valence-electron chi connectivity index (χ0n) is 7.16. The van der Waals surface area contributed by atoms with Crippen LogP contribution in [0.25, 0.3) is 0 Å². The van der Waals surface area contributed by atoms with Crippen molar-refractivity contribution in [1.29, 1.82) is 0 Å². The zero-order chi connectivity index (χ0) is 8.97. The smallest absolute Gasteiger partial charge is 0.128 e. The van der Waals surface area contributed by atoms with Crippen LogP contribution in [0, 0.1) is 0 Å². The number of ether oxygens (including phenoxy) is 2. The molecule has 0 saturated heterocycles. The average Bonchev–Trinajstić information content (AvgIpc) is 2.16. The third-order valence-electron chi connectivity index (χ3n) is 1.65. The van der Waals surface area contributed by atoms with Gasteiger partial charge in [0.1, 0.15) is 18.1 Å². The van der Waals surface area contributed by atoms with Crippen molar-refractivity contribution in [2.75, 3.05) is 14.2 Å². The second-order valence-electron chi connectivity index (χ2n) is 2.32. The van der Waals surface area contributed by atoms with Crippen LogP contribution in [0.4, 0.5) is 0 Å². The maximum atomic E-state index is 10.6. The van der Waals surface area contributed by atoms with Crippen LogP contribution < -0.4 is 9.47 Å². The molecule has 1 aromatic carbocycles. The van der Waals surface area contributed by atoms with E-state index in [-0.39, 0.29) is 6.61 Å². The Morgan fingerprint density at radius 3 is 2.50 bits per heavy atom.